The minimum Gasteiger partial charge on any atom is -0.491 e. The number of aliphatic hydroxyl groups is 1. The smallest absolute Gasteiger partial charge is 0.122 e. The van der Waals surface area contributed by atoms with Crippen LogP contribution < -0.4 is 15.4 Å². The standard InChI is InChI=1S/C22H32N2O2/c1-17-9-5-7-11-19(17)13-23-16-22(3,4)24-14-20(25)15-26-21-12-8-6-10-18(21)2/h5-12,20,23-25H,13-16H2,1-4H3. The minimum atomic E-state index is -0.551. The van der Waals surface area contributed by atoms with E-state index in [9.17, 15) is 5.11 Å². The van der Waals surface area contributed by atoms with Gasteiger partial charge in [-0.05, 0) is 50.5 Å². The summed E-state index contributed by atoms with van der Waals surface area (Å²) in [5.41, 5.74) is 3.57. The van der Waals surface area contributed by atoms with Crippen LogP contribution in [0.4, 0.5) is 0 Å². The lowest BCUT2D eigenvalue weighted by Crippen LogP contribution is -2.50. The van der Waals surface area contributed by atoms with Crippen molar-refractivity contribution < 1.29 is 9.84 Å². The lowest BCUT2D eigenvalue weighted by Gasteiger charge is -2.28. The number of hydrogen-bond donors (Lipinski definition) is 3. The fraction of sp³-hybridized carbons (Fsp3) is 0.455. The number of ether oxygens (including phenoxy) is 1. The monoisotopic (exact) mass is 356 g/mol. The van der Waals surface area contributed by atoms with Gasteiger partial charge in [0.2, 0.25) is 0 Å². The second-order valence-electron chi connectivity index (χ2n) is 7.53. The summed E-state index contributed by atoms with van der Waals surface area (Å²) >= 11 is 0. The highest BCUT2D eigenvalue weighted by atomic mass is 16.5. The normalized spacial score (nSPS) is 12.8. The third kappa shape index (κ3) is 6.79. The van der Waals surface area contributed by atoms with E-state index in [1.807, 2.05) is 31.2 Å². The molecule has 0 aliphatic heterocycles. The van der Waals surface area contributed by atoms with Gasteiger partial charge in [-0.3, -0.25) is 0 Å². The predicted octanol–water partition coefficient (Wildman–Crippen LogP) is 3.20. The number of para-hydroxylation sites is 1. The zero-order valence-electron chi connectivity index (χ0n) is 16.4. The van der Waals surface area contributed by atoms with Crippen LogP contribution in [-0.4, -0.2) is 36.4 Å². The van der Waals surface area contributed by atoms with Crippen molar-refractivity contribution in [2.24, 2.45) is 0 Å². The molecule has 0 amide bonds. The van der Waals surface area contributed by atoms with E-state index in [0.29, 0.717) is 6.54 Å². The van der Waals surface area contributed by atoms with Crippen LogP contribution in [0.3, 0.4) is 0 Å². The maximum atomic E-state index is 10.2. The molecule has 0 saturated carbocycles. The average molecular weight is 357 g/mol. The van der Waals surface area contributed by atoms with Crippen LogP contribution in [0.1, 0.15) is 30.5 Å². The summed E-state index contributed by atoms with van der Waals surface area (Å²) in [7, 11) is 0. The molecule has 0 radical (unpaired) electrons. The van der Waals surface area contributed by atoms with E-state index in [-0.39, 0.29) is 12.1 Å². The van der Waals surface area contributed by atoms with E-state index in [4.69, 9.17) is 4.74 Å². The highest BCUT2D eigenvalue weighted by molar-refractivity contribution is 5.31. The van der Waals surface area contributed by atoms with Crippen molar-refractivity contribution in [2.45, 2.75) is 45.9 Å². The van der Waals surface area contributed by atoms with Crippen LogP contribution in [-0.2, 0) is 6.54 Å². The molecular formula is C22H32N2O2. The van der Waals surface area contributed by atoms with Gasteiger partial charge in [-0.25, -0.2) is 0 Å². The zero-order valence-corrected chi connectivity index (χ0v) is 16.4. The molecule has 1 atom stereocenters. The van der Waals surface area contributed by atoms with Gasteiger partial charge in [-0.2, -0.15) is 0 Å². The van der Waals surface area contributed by atoms with Gasteiger partial charge in [-0.15, -0.1) is 0 Å². The van der Waals surface area contributed by atoms with Gasteiger partial charge >= 0.3 is 0 Å². The topological polar surface area (TPSA) is 53.5 Å². The van der Waals surface area contributed by atoms with Crippen molar-refractivity contribution in [1.82, 2.24) is 10.6 Å². The lowest BCUT2D eigenvalue weighted by atomic mass is 10.0. The Labute approximate surface area is 157 Å². The van der Waals surface area contributed by atoms with E-state index in [2.05, 4.69) is 55.7 Å². The van der Waals surface area contributed by atoms with Crippen LogP contribution in [0.25, 0.3) is 0 Å². The molecule has 4 heteroatoms. The van der Waals surface area contributed by atoms with Gasteiger partial charge in [0.1, 0.15) is 18.5 Å². The summed E-state index contributed by atoms with van der Waals surface area (Å²) in [6.07, 6.45) is -0.551. The Kier molecular flexibility index (Phi) is 7.64. The van der Waals surface area contributed by atoms with Gasteiger partial charge in [-0.1, -0.05) is 42.5 Å². The summed E-state index contributed by atoms with van der Waals surface area (Å²) in [6.45, 7) is 10.8. The Morgan fingerprint density at radius 2 is 1.65 bits per heavy atom. The quantitative estimate of drug-likeness (QED) is 0.612. The zero-order chi connectivity index (χ0) is 19.0. The molecule has 0 bridgehead atoms. The third-order valence-electron chi connectivity index (χ3n) is 4.48. The van der Waals surface area contributed by atoms with E-state index in [1.165, 1.54) is 11.1 Å². The van der Waals surface area contributed by atoms with E-state index >= 15 is 0 Å². The second kappa shape index (κ2) is 9.72. The van der Waals surface area contributed by atoms with Crippen molar-refractivity contribution in [2.75, 3.05) is 19.7 Å². The van der Waals surface area contributed by atoms with Gasteiger partial charge in [0.25, 0.3) is 0 Å². The average Bonchev–Trinajstić information content (AvgIpc) is 2.61. The fourth-order valence-corrected chi connectivity index (χ4v) is 2.74. The lowest BCUT2D eigenvalue weighted by molar-refractivity contribution is 0.0984. The Morgan fingerprint density at radius 1 is 1.00 bits per heavy atom. The van der Waals surface area contributed by atoms with Crippen molar-refractivity contribution in [3.8, 4) is 5.75 Å². The largest absolute Gasteiger partial charge is 0.491 e. The number of nitrogens with one attached hydrogen (secondary N) is 2. The number of aliphatic hydroxyl groups excluding tert-OH is 1. The van der Waals surface area contributed by atoms with E-state index in [0.717, 1.165) is 24.4 Å². The van der Waals surface area contributed by atoms with Crippen molar-refractivity contribution in [3.05, 3.63) is 65.2 Å². The maximum Gasteiger partial charge on any atom is 0.122 e. The summed E-state index contributed by atoms with van der Waals surface area (Å²) in [4.78, 5) is 0. The first-order valence-corrected chi connectivity index (χ1v) is 9.24. The Balaban J connectivity index is 1.69. The molecule has 0 fully saturated rings. The predicted molar refractivity (Wildman–Crippen MR) is 108 cm³/mol. The van der Waals surface area contributed by atoms with Crippen molar-refractivity contribution in [1.29, 1.82) is 0 Å². The molecule has 1 unspecified atom stereocenters. The molecule has 26 heavy (non-hydrogen) atoms. The molecule has 0 aliphatic carbocycles. The number of aryl methyl sites for hydroxylation is 2. The molecule has 142 valence electrons. The molecule has 4 nitrogen and oxygen atoms in total. The van der Waals surface area contributed by atoms with Crippen LogP contribution >= 0.6 is 0 Å². The molecule has 0 aromatic heterocycles. The molecule has 2 aromatic carbocycles. The number of β-amino-alcohol motifs (C(OH)–C–C–N with tert-alkyl or cyclic N) is 1. The highest BCUT2D eigenvalue weighted by Crippen LogP contribution is 2.16. The molecule has 3 N–H and O–H groups in total. The van der Waals surface area contributed by atoms with Crippen LogP contribution in [0.2, 0.25) is 0 Å². The van der Waals surface area contributed by atoms with Crippen molar-refractivity contribution in [3.63, 3.8) is 0 Å². The molecule has 2 aromatic rings. The van der Waals surface area contributed by atoms with Gasteiger partial charge in [0.05, 0.1) is 0 Å². The number of rotatable bonds is 10. The molecule has 0 aliphatic rings. The summed E-state index contributed by atoms with van der Waals surface area (Å²) < 4.78 is 5.71. The summed E-state index contributed by atoms with van der Waals surface area (Å²) in [5, 5.41) is 17.1. The van der Waals surface area contributed by atoms with E-state index < -0.39 is 6.10 Å². The molecule has 2 rings (SSSR count). The van der Waals surface area contributed by atoms with Crippen LogP contribution in [0.15, 0.2) is 48.5 Å². The number of hydrogen-bond acceptors (Lipinski definition) is 4. The van der Waals surface area contributed by atoms with E-state index in [1.54, 1.807) is 0 Å². The summed E-state index contributed by atoms with van der Waals surface area (Å²) in [5.74, 6) is 0.825. The first-order chi connectivity index (χ1) is 12.4. The Hall–Kier alpha value is -1.88. The second-order valence-corrected chi connectivity index (χ2v) is 7.53. The first-order valence-electron chi connectivity index (χ1n) is 9.24. The summed E-state index contributed by atoms with van der Waals surface area (Å²) in [6, 6.07) is 16.3. The molecule has 0 saturated heterocycles. The SMILES string of the molecule is Cc1ccccc1CNCC(C)(C)NCC(O)COc1ccccc1C. The molecule has 0 spiro atoms. The minimum absolute atomic E-state index is 0.119. The van der Waals surface area contributed by atoms with Crippen molar-refractivity contribution >= 4 is 0 Å². The molecular weight excluding hydrogens is 324 g/mol. The van der Waals surface area contributed by atoms with Gasteiger partial charge < -0.3 is 20.5 Å². The van der Waals surface area contributed by atoms with Crippen LogP contribution in [0, 0.1) is 13.8 Å². The fourth-order valence-electron chi connectivity index (χ4n) is 2.74. The third-order valence-corrected chi connectivity index (χ3v) is 4.48. The highest BCUT2D eigenvalue weighted by Gasteiger charge is 2.18. The number of benzene rings is 2. The van der Waals surface area contributed by atoms with Gasteiger partial charge in [0, 0.05) is 25.2 Å². The first kappa shape index (κ1) is 20.4. The molecule has 0 heterocycles. The van der Waals surface area contributed by atoms with Gasteiger partial charge in [0.15, 0.2) is 0 Å². The van der Waals surface area contributed by atoms with Crippen LogP contribution in [0.5, 0.6) is 5.75 Å². The Morgan fingerprint density at radius 3 is 2.35 bits per heavy atom. The Bertz CT molecular complexity index is 685. The maximum absolute atomic E-state index is 10.2.